The first-order valence-electron chi connectivity index (χ1n) is 2.72. The van der Waals surface area contributed by atoms with E-state index in [4.69, 9.17) is 5.53 Å². The maximum Gasteiger partial charge on any atom is 0.0151 e. The molecule has 0 aromatic carbocycles. The van der Waals surface area contributed by atoms with Gasteiger partial charge in [0, 0.05) is 6.54 Å². The van der Waals surface area contributed by atoms with Crippen molar-refractivity contribution in [1.82, 2.24) is 0 Å². The molecule has 0 unspecified atom stereocenters. The molecule has 0 saturated carbocycles. The third-order valence-corrected chi connectivity index (χ3v) is 0.862. The van der Waals surface area contributed by atoms with Crippen LogP contribution < -0.4 is 0 Å². The Morgan fingerprint density at radius 3 is 2.57 bits per heavy atom. The van der Waals surface area contributed by atoms with Gasteiger partial charge < -0.3 is 10.6 Å². The van der Waals surface area contributed by atoms with Crippen LogP contribution in [-0.4, -0.2) is 6.54 Å². The van der Waals surface area contributed by atoms with E-state index in [0.717, 1.165) is 6.42 Å². The van der Waals surface area contributed by atoms with Gasteiger partial charge in [-0.25, -0.2) is 0 Å². The third kappa shape index (κ3) is 5.60. The molecule has 2 nitrogen and oxygen atoms in total. The third-order valence-electron chi connectivity index (χ3n) is 0.862. The summed E-state index contributed by atoms with van der Waals surface area (Å²) in [7, 11) is 0. The van der Waals surface area contributed by atoms with Crippen LogP contribution in [0, 0.1) is 0 Å². The van der Waals surface area contributed by atoms with Crippen LogP contribution >= 0.6 is 0 Å². The molecule has 0 saturated heterocycles. The highest BCUT2D eigenvalue weighted by molar-refractivity contribution is 4.40. The molecule has 0 aliphatic rings. The zero-order valence-electron chi connectivity index (χ0n) is 4.72. The molecule has 0 rings (SSSR count). The summed E-state index contributed by atoms with van der Waals surface area (Å²) in [5.74, 6) is 0. The van der Waals surface area contributed by atoms with Gasteiger partial charge in [-0.05, 0) is 6.42 Å². The van der Waals surface area contributed by atoms with Gasteiger partial charge in [-0.15, -0.1) is 0 Å². The van der Waals surface area contributed by atoms with Crippen LogP contribution in [0.1, 0.15) is 26.2 Å². The molecule has 0 N–H and O–H groups in total. The Morgan fingerprint density at radius 1 is 1.43 bits per heavy atom. The Labute approximate surface area is 44.4 Å². The monoisotopic (exact) mass is 99.1 g/mol. The molecule has 0 aliphatic heterocycles. The molecule has 7 heavy (non-hydrogen) atoms. The molecule has 0 spiro atoms. The number of hydrogen-bond acceptors (Lipinski definition) is 1. The second-order valence-corrected chi connectivity index (χ2v) is 1.57. The molecule has 0 heterocycles. The van der Waals surface area contributed by atoms with Gasteiger partial charge in [-0.1, -0.05) is 19.8 Å². The van der Waals surface area contributed by atoms with E-state index >= 15 is 0 Å². The predicted octanol–water partition coefficient (Wildman–Crippen LogP) is 2.20. The summed E-state index contributed by atoms with van der Waals surface area (Å²) < 4.78 is 0. The normalized spacial score (nSPS) is 8.71. The van der Waals surface area contributed by atoms with Crippen molar-refractivity contribution in [3.8, 4) is 0 Å². The standard InChI is InChI=1S/C5H11N2/c1-2-3-4-5-7-6/h2-5H2,1H3/q-1. The maximum absolute atomic E-state index is 7.92. The van der Waals surface area contributed by atoms with Crippen molar-refractivity contribution in [1.29, 1.82) is 0 Å². The van der Waals surface area contributed by atoms with Crippen LogP contribution in [0.4, 0.5) is 0 Å². The molecule has 0 bridgehead atoms. The Morgan fingerprint density at radius 2 is 2.14 bits per heavy atom. The lowest BCUT2D eigenvalue weighted by Crippen LogP contribution is -1.75. The van der Waals surface area contributed by atoms with E-state index < -0.39 is 0 Å². The molecule has 0 atom stereocenters. The van der Waals surface area contributed by atoms with E-state index in [0.29, 0.717) is 6.54 Å². The van der Waals surface area contributed by atoms with Crippen molar-refractivity contribution in [2.45, 2.75) is 26.2 Å². The fraction of sp³-hybridized carbons (Fsp3) is 1.00. The molecular weight excluding hydrogens is 88.1 g/mol. The van der Waals surface area contributed by atoms with Crippen molar-refractivity contribution in [2.75, 3.05) is 6.54 Å². The van der Waals surface area contributed by atoms with Crippen LogP contribution in [-0.2, 0) is 0 Å². The molecule has 0 aliphatic carbocycles. The minimum Gasteiger partial charge on any atom is -0.712 e. The van der Waals surface area contributed by atoms with Gasteiger partial charge in [0.1, 0.15) is 0 Å². The fourth-order valence-corrected chi connectivity index (χ4v) is 0.433. The first kappa shape index (κ1) is 6.60. The summed E-state index contributed by atoms with van der Waals surface area (Å²) >= 11 is 0. The lowest BCUT2D eigenvalue weighted by Gasteiger charge is -1.92. The van der Waals surface area contributed by atoms with Crippen molar-refractivity contribution in [3.63, 3.8) is 0 Å². The fourth-order valence-electron chi connectivity index (χ4n) is 0.433. The van der Waals surface area contributed by atoms with Crippen molar-refractivity contribution < 1.29 is 0 Å². The van der Waals surface area contributed by atoms with Gasteiger partial charge in [0.2, 0.25) is 0 Å². The van der Waals surface area contributed by atoms with E-state index in [2.05, 4.69) is 12.0 Å². The van der Waals surface area contributed by atoms with Gasteiger partial charge in [-0.2, -0.15) is 0 Å². The highest BCUT2D eigenvalue weighted by atomic mass is 14.9. The highest BCUT2D eigenvalue weighted by Crippen LogP contribution is 1.92. The zero-order chi connectivity index (χ0) is 5.54. The Hall–Kier alpha value is -0.400. The lowest BCUT2D eigenvalue weighted by atomic mass is 10.3. The minimum atomic E-state index is 0.605. The van der Waals surface area contributed by atoms with E-state index in [1.54, 1.807) is 0 Å². The average Bonchev–Trinajstić information content (AvgIpc) is 1.69. The minimum absolute atomic E-state index is 0.605. The number of rotatable bonds is 4. The Balaban J connectivity index is 2.56. The summed E-state index contributed by atoms with van der Waals surface area (Å²) in [6.45, 7) is 2.73. The summed E-state index contributed by atoms with van der Waals surface area (Å²) in [6, 6.07) is 0. The molecule has 0 fully saturated rings. The largest absolute Gasteiger partial charge is 0.712 e. The van der Waals surface area contributed by atoms with Crippen LogP contribution in [0.25, 0.3) is 5.53 Å². The quantitative estimate of drug-likeness (QED) is 0.382. The second-order valence-electron chi connectivity index (χ2n) is 1.57. The molecule has 0 aromatic heterocycles. The SMILES string of the molecule is CCCCCN=[N-]. The average molecular weight is 99.2 g/mol. The van der Waals surface area contributed by atoms with Gasteiger partial charge in [0.25, 0.3) is 0 Å². The van der Waals surface area contributed by atoms with E-state index in [1.165, 1.54) is 12.8 Å². The van der Waals surface area contributed by atoms with Crippen LogP contribution in [0.5, 0.6) is 0 Å². The number of hydrogen-bond donors (Lipinski definition) is 0. The maximum atomic E-state index is 7.92. The Kier molecular flexibility index (Phi) is 5.28. The van der Waals surface area contributed by atoms with Crippen LogP contribution in [0.3, 0.4) is 0 Å². The van der Waals surface area contributed by atoms with Crippen molar-refractivity contribution in [3.05, 3.63) is 5.53 Å². The first-order valence-corrected chi connectivity index (χ1v) is 2.72. The topological polar surface area (TPSA) is 34.7 Å². The van der Waals surface area contributed by atoms with Gasteiger partial charge in [0.05, 0.1) is 0 Å². The highest BCUT2D eigenvalue weighted by Gasteiger charge is 1.76. The van der Waals surface area contributed by atoms with Gasteiger partial charge >= 0.3 is 0 Å². The summed E-state index contributed by atoms with van der Waals surface area (Å²) in [6.07, 6.45) is 3.38. The summed E-state index contributed by atoms with van der Waals surface area (Å²) in [5.41, 5.74) is 7.92. The molecule has 42 valence electrons. The lowest BCUT2D eigenvalue weighted by molar-refractivity contribution is 0.726. The second kappa shape index (κ2) is 5.60. The van der Waals surface area contributed by atoms with Crippen molar-refractivity contribution >= 4 is 0 Å². The van der Waals surface area contributed by atoms with Crippen molar-refractivity contribution in [2.24, 2.45) is 5.11 Å². The number of unbranched alkanes of at least 4 members (excludes halogenated alkanes) is 2. The molecule has 0 radical (unpaired) electrons. The van der Waals surface area contributed by atoms with Gasteiger partial charge in [0.15, 0.2) is 0 Å². The predicted molar refractivity (Wildman–Crippen MR) is 30.2 cm³/mol. The smallest absolute Gasteiger partial charge is 0.0151 e. The Bertz CT molecular complexity index is 43.3. The molecule has 0 amide bonds. The number of nitrogens with zero attached hydrogens (tertiary/aromatic N) is 2. The molecular formula is C5H11N2-. The summed E-state index contributed by atoms with van der Waals surface area (Å²) in [5, 5.41) is 2.97. The molecule has 0 aromatic rings. The first-order chi connectivity index (χ1) is 3.41. The summed E-state index contributed by atoms with van der Waals surface area (Å²) in [4.78, 5) is 0. The van der Waals surface area contributed by atoms with Crippen LogP contribution in [0.2, 0.25) is 0 Å². The van der Waals surface area contributed by atoms with E-state index in [-0.39, 0.29) is 0 Å². The molecule has 2 heteroatoms. The van der Waals surface area contributed by atoms with Crippen LogP contribution in [0.15, 0.2) is 5.11 Å². The van der Waals surface area contributed by atoms with E-state index in [1.807, 2.05) is 0 Å². The zero-order valence-corrected chi connectivity index (χ0v) is 4.72. The van der Waals surface area contributed by atoms with E-state index in [9.17, 15) is 0 Å². The van der Waals surface area contributed by atoms with Gasteiger partial charge in [-0.3, -0.25) is 0 Å².